The standard InChI is InChI=1S/C17H24N4O5/c1-2-26-15-9-12(8-14(17(15)23)21(24)25)10-19-20-16(22)11-18-13-6-4-3-5-7-13/h8-10,13,18,23H,2-7,11H2,1H3,(H,20,22)/b19-10-. The molecular weight excluding hydrogens is 340 g/mol. The van der Waals surface area contributed by atoms with E-state index in [2.05, 4.69) is 15.8 Å². The molecule has 0 spiro atoms. The number of hydrogen-bond acceptors (Lipinski definition) is 7. The van der Waals surface area contributed by atoms with Gasteiger partial charge in [0.25, 0.3) is 5.91 Å². The van der Waals surface area contributed by atoms with Crippen LogP contribution in [0.5, 0.6) is 11.5 Å². The second-order valence-electron chi connectivity index (χ2n) is 6.09. The monoisotopic (exact) mass is 364 g/mol. The molecule has 0 unspecified atom stereocenters. The molecule has 0 heterocycles. The van der Waals surface area contributed by atoms with E-state index in [9.17, 15) is 20.0 Å². The number of hydrazone groups is 1. The van der Waals surface area contributed by atoms with E-state index in [-0.39, 0.29) is 24.8 Å². The number of carbonyl (C=O) groups is 1. The van der Waals surface area contributed by atoms with Crippen molar-refractivity contribution < 1.29 is 19.6 Å². The average molecular weight is 364 g/mol. The zero-order valence-corrected chi connectivity index (χ0v) is 14.7. The van der Waals surface area contributed by atoms with E-state index in [1.54, 1.807) is 6.92 Å². The Balaban J connectivity index is 1.93. The van der Waals surface area contributed by atoms with E-state index in [1.807, 2.05) is 0 Å². The Morgan fingerprint density at radius 2 is 2.15 bits per heavy atom. The number of nitrogens with one attached hydrogen (secondary N) is 2. The van der Waals surface area contributed by atoms with Gasteiger partial charge in [-0.3, -0.25) is 14.9 Å². The van der Waals surface area contributed by atoms with E-state index in [4.69, 9.17) is 4.74 Å². The highest BCUT2D eigenvalue weighted by Gasteiger charge is 2.19. The highest BCUT2D eigenvalue weighted by molar-refractivity contribution is 5.85. The summed E-state index contributed by atoms with van der Waals surface area (Å²) in [4.78, 5) is 22.1. The van der Waals surface area contributed by atoms with Crippen LogP contribution in [-0.4, -0.2) is 41.3 Å². The average Bonchev–Trinajstić information content (AvgIpc) is 2.63. The third kappa shape index (κ3) is 5.69. The molecule has 0 atom stereocenters. The number of carbonyl (C=O) groups excluding carboxylic acids is 1. The molecule has 1 saturated carbocycles. The van der Waals surface area contributed by atoms with Crippen molar-refractivity contribution >= 4 is 17.8 Å². The minimum absolute atomic E-state index is 0.00607. The Hall–Kier alpha value is -2.68. The number of phenolic OH excluding ortho intramolecular Hbond substituents is 1. The molecule has 3 N–H and O–H groups in total. The first-order chi connectivity index (χ1) is 12.5. The highest BCUT2D eigenvalue weighted by atomic mass is 16.6. The predicted octanol–water partition coefficient (Wildman–Crippen LogP) is 2.07. The van der Waals surface area contributed by atoms with Gasteiger partial charge in [0.1, 0.15) is 0 Å². The van der Waals surface area contributed by atoms with Crippen molar-refractivity contribution in [2.45, 2.75) is 45.1 Å². The summed E-state index contributed by atoms with van der Waals surface area (Å²) in [5.74, 6) is -0.826. The van der Waals surface area contributed by atoms with Gasteiger partial charge >= 0.3 is 5.69 Å². The Bertz CT molecular complexity index is 671. The van der Waals surface area contributed by atoms with Crippen LogP contribution in [0.25, 0.3) is 0 Å². The molecule has 1 aromatic rings. The van der Waals surface area contributed by atoms with Crippen molar-refractivity contribution in [1.82, 2.24) is 10.7 Å². The topological polar surface area (TPSA) is 126 Å². The number of nitro groups is 1. The van der Waals surface area contributed by atoms with Gasteiger partial charge in [0.2, 0.25) is 5.75 Å². The van der Waals surface area contributed by atoms with Gasteiger partial charge in [0, 0.05) is 17.7 Å². The second-order valence-corrected chi connectivity index (χ2v) is 6.09. The summed E-state index contributed by atoms with van der Waals surface area (Å²) >= 11 is 0. The number of nitrogens with zero attached hydrogens (tertiary/aromatic N) is 2. The van der Waals surface area contributed by atoms with Crippen molar-refractivity contribution in [3.63, 3.8) is 0 Å². The molecule has 9 heteroatoms. The van der Waals surface area contributed by atoms with Crippen LogP contribution in [0.2, 0.25) is 0 Å². The maximum atomic E-state index is 11.8. The van der Waals surface area contributed by atoms with E-state index >= 15 is 0 Å². The first-order valence-electron chi connectivity index (χ1n) is 8.70. The fraction of sp³-hybridized carbons (Fsp3) is 0.529. The summed E-state index contributed by atoms with van der Waals surface area (Å²) < 4.78 is 5.19. The maximum absolute atomic E-state index is 11.8. The fourth-order valence-corrected chi connectivity index (χ4v) is 2.86. The third-order valence-corrected chi connectivity index (χ3v) is 4.13. The first-order valence-corrected chi connectivity index (χ1v) is 8.70. The normalized spacial score (nSPS) is 15.1. The van der Waals surface area contributed by atoms with Crippen LogP contribution in [0.3, 0.4) is 0 Å². The molecule has 9 nitrogen and oxygen atoms in total. The molecule has 1 fully saturated rings. The SMILES string of the molecule is CCOc1cc(/C=N\NC(=O)CNC2CCCCC2)cc([N+](=O)[O-])c1O. The van der Waals surface area contributed by atoms with Crippen molar-refractivity contribution in [1.29, 1.82) is 0 Å². The summed E-state index contributed by atoms with van der Waals surface area (Å²) in [6, 6.07) is 2.95. The van der Waals surface area contributed by atoms with Crippen LogP contribution in [0.1, 0.15) is 44.6 Å². The Labute approximate surface area is 151 Å². The van der Waals surface area contributed by atoms with Gasteiger partial charge in [-0.15, -0.1) is 0 Å². The largest absolute Gasteiger partial charge is 0.500 e. The predicted molar refractivity (Wildman–Crippen MR) is 96.5 cm³/mol. The number of nitro benzene ring substituents is 1. The number of phenols is 1. The fourth-order valence-electron chi connectivity index (χ4n) is 2.86. The van der Waals surface area contributed by atoms with Crippen molar-refractivity contribution in [3.8, 4) is 11.5 Å². The highest BCUT2D eigenvalue weighted by Crippen LogP contribution is 2.36. The molecule has 0 saturated heterocycles. The number of rotatable bonds is 8. The zero-order valence-electron chi connectivity index (χ0n) is 14.7. The summed E-state index contributed by atoms with van der Waals surface area (Å²) in [5, 5.41) is 27.9. The van der Waals surface area contributed by atoms with Crippen LogP contribution < -0.4 is 15.5 Å². The molecule has 1 aromatic carbocycles. The molecule has 26 heavy (non-hydrogen) atoms. The molecule has 0 radical (unpaired) electrons. The Morgan fingerprint density at radius 3 is 2.81 bits per heavy atom. The van der Waals surface area contributed by atoms with Crippen molar-refractivity contribution in [2.75, 3.05) is 13.2 Å². The van der Waals surface area contributed by atoms with Gasteiger partial charge in [0.05, 0.1) is 24.3 Å². The molecule has 2 rings (SSSR count). The van der Waals surface area contributed by atoms with Gasteiger partial charge in [-0.2, -0.15) is 5.10 Å². The summed E-state index contributed by atoms with van der Waals surface area (Å²) in [7, 11) is 0. The van der Waals surface area contributed by atoms with E-state index in [1.165, 1.54) is 31.5 Å². The molecule has 1 aliphatic carbocycles. The minimum atomic E-state index is -0.706. The van der Waals surface area contributed by atoms with Gasteiger partial charge in [0.15, 0.2) is 5.75 Å². The summed E-state index contributed by atoms with van der Waals surface area (Å²) in [5.41, 5.74) is 2.23. The quantitative estimate of drug-likeness (QED) is 0.368. The summed E-state index contributed by atoms with van der Waals surface area (Å²) in [6.45, 7) is 2.11. The van der Waals surface area contributed by atoms with E-state index < -0.39 is 16.4 Å². The molecule has 1 amide bonds. The van der Waals surface area contributed by atoms with Crippen molar-refractivity contribution in [2.24, 2.45) is 5.10 Å². The lowest BCUT2D eigenvalue weighted by Gasteiger charge is -2.22. The van der Waals surface area contributed by atoms with Gasteiger partial charge in [-0.25, -0.2) is 5.43 Å². The molecule has 0 aliphatic heterocycles. The Morgan fingerprint density at radius 1 is 1.42 bits per heavy atom. The minimum Gasteiger partial charge on any atom is -0.500 e. The van der Waals surface area contributed by atoms with Crippen LogP contribution in [-0.2, 0) is 4.79 Å². The lowest BCUT2D eigenvalue weighted by atomic mass is 9.95. The van der Waals surface area contributed by atoms with E-state index in [0.29, 0.717) is 11.6 Å². The number of aromatic hydroxyl groups is 1. The zero-order chi connectivity index (χ0) is 18.9. The molecular formula is C17H24N4O5. The van der Waals surface area contributed by atoms with Crippen LogP contribution in [0.15, 0.2) is 17.2 Å². The maximum Gasteiger partial charge on any atom is 0.315 e. The van der Waals surface area contributed by atoms with Crippen molar-refractivity contribution in [3.05, 3.63) is 27.8 Å². The number of hydrogen-bond donors (Lipinski definition) is 3. The summed E-state index contributed by atoms with van der Waals surface area (Å²) in [6.07, 6.45) is 7.03. The van der Waals surface area contributed by atoms with Crippen LogP contribution in [0.4, 0.5) is 5.69 Å². The lowest BCUT2D eigenvalue weighted by molar-refractivity contribution is -0.386. The number of amides is 1. The van der Waals surface area contributed by atoms with E-state index in [0.717, 1.165) is 18.9 Å². The third-order valence-electron chi connectivity index (χ3n) is 4.13. The molecule has 0 aromatic heterocycles. The Kier molecular flexibility index (Phi) is 7.34. The molecule has 1 aliphatic rings. The van der Waals surface area contributed by atoms with Crippen LogP contribution in [0, 0.1) is 10.1 Å². The van der Waals surface area contributed by atoms with Gasteiger partial charge < -0.3 is 15.2 Å². The second kappa shape index (κ2) is 9.71. The smallest absolute Gasteiger partial charge is 0.315 e. The number of benzene rings is 1. The molecule has 142 valence electrons. The van der Waals surface area contributed by atoms with Gasteiger partial charge in [-0.1, -0.05) is 19.3 Å². The van der Waals surface area contributed by atoms with Gasteiger partial charge in [-0.05, 0) is 25.8 Å². The van der Waals surface area contributed by atoms with Crippen LogP contribution >= 0.6 is 0 Å². The number of ether oxygens (including phenoxy) is 1. The molecule has 0 bridgehead atoms. The lowest BCUT2D eigenvalue weighted by Crippen LogP contribution is -2.38. The first kappa shape index (κ1) is 19.6.